The van der Waals surface area contributed by atoms with Crippen LogP contribution in [0.1, 0.15) is 44.1 Å². The van der Waals surface area contributed by atoms with Gasteiger partial charge < -0.3 is 30.9 Å². The minimum Gasteiger partial charge on any atom is -0.444 e. The van der Waals surface area contributed by atoms with E-state index in [0.717, 1.165) is 18.4 Å². The van der Waals surface area contributed by atoms with E-state index < -0.39 is 60.8 Å². The summed E-state index contributed by atoms with van der Waals surface area (Å²) in [5.74, 6) is -1.76. The third kappa shape index (κ3) is 7.85. The molecule has 1 saturated carbocycles. The Morgan fingerprint density at radius 3 is 2.55 bits per heavy atom. The number of benzene rings is 1. The van der Waals surface area contributed by atoms with Gasteiger partial charge in [-0.15, -0.1) is 0 Å². The Kier molecular flexibility index (Phi) is 9.90. The summed E-state index contributed by atoms with van der Waals surface area (Å²) in [5.41, 5.74) is 6.04. The number of nitrogens with zero attached hydrogens (tertiary/aromatic N) is 1. The number of primary amides is 1. The van der Waals surface area contributed by atoms with Crippen LogP contribution in [-0.4, -0.2) is 90.2 Å². The summed E-state index contributed by atoms with van der Waals surface area (Å²) in [6.45, 7) is 0.347. The Hall–Kier alpha value is -2.90. The van der Waals surface area contributed by atoms with Gasteiger partial charge in [-0.05, 0) is 37.2 Å². The van der Waals surface area contributed by atoms with Gasteiger partial charge in [0.2, 0.25) is 11.8 Å². The molecule has 5 N–H and O–H groups in total. The summed E-state index contributed by atoms with van der Waals surface area (Å²) < 4.78 is 52.2. The number of likely N-dealkylation sites (tertiary alicyclic amines) is 1. The molecule has 7 atom stereocenters. The van der Waals surface area contributed by atoms with Gasteiger partial charge >= 0.3 is 12.3 Å². The van der Waals surface area contributed by atoms with Crippen LogP contribution in [0, 0.1) is 5.92 Å². The molecule has 1 aliphatic carbocycles. The van der Waals surface area contributed by atoms with Gasteiger partial charge in [-0.2, -0.15) is 13.2 Å². The maximum Gasteiger partial charge on any atom is 0.408 e. The van der Waals surface area contributed by atoms with Crippen molar-refractivity contribution in [1.82, 2.24) is 15.5 Å². The van der Waals surface area contributed by atoms with Crippen molar-refractivity contribution in [3.8, 4) is 0 Å². The largest absolute Gasteiger partial charge is 0.444 e. The molecule has 13 heteroatoms. The highest BCUT2D eigenvalue weighted by molar-refractivity contribution is 5.90. The van der Waals surface area contributed by atoms with E-state index in [2.05, 4.69) is 10.6 Å². The van der Waals surface area contributed by atoms with Crippen LogP contribution in [0.25, 0.3) is 0 Å². The fourth-order valence-corrected chi connectivity index (χ4v) is 6.09. The maximum absolute atomic E-state index is 13.9. The molecular formula is C27H37F3N4O6. The van der Waals surface area contributed by atoms with Crippen molar-refractivity contribution < 1.29 is 42.1 Å². The van der Waals surface area contributed by atoms with E-state index in [9.17, 15) is 32.7 Å². The molecule has 0 spiro atoms. The Bertz CT molecular complexity index is 1020. The van der Waals surface area contributed by atoms with Crippen LogP contribution in [-0.2, 0) is 25.5 Å². The standard InChI is InChI=1S/C27H37F3N4O6/c28-27(29,30)23-12-17-7-4-8-21(17)34(23)14-22(35)19(11-16-5-2-1-3-6-16)32-25(37)20(13-24(31)36)33-26(38)40-18-9-10-39-15-18/h1-3,5-6,17-23,35H,4,7-15H2,(H2,31,36)(H,32,37)(H,33,38)/t17-,18-,19-,20-,21-,22+,23-/m0/s1. The predicted molar refractivity (Wildman–Crippen MR) is 137 cm³/mol. The smallest absolute Gasteiger partial charge is 0.408 e. The second kappa shape index (κ2) is 13.2. The van der Waals surface area contributed by atoms with Gasteiger partial charge in [0, 0.05) is 19.0 Å². The van der Waals surface area contributed by atoms with Crippen molar-refractivity contribution in [3.05, 3.63) is 35.9 Å². The van der Waals surface area contributed by atoms with Crippen molar-refractivity contribution in [2.45, 2.75) is 87.5 Å². The fourth-order valence-electron chi connectivity index (χ4n) is 6.09. The number of fused-ring (bicyclic) bond motifs is 1. The lowest BCUT2D eigenvalue weighted by molar-refractivity contribution is -0.182. The number of hydrogen-bond donors (Lipinski definition) is 4. The van der Waals surface area contributed by atoms with Gasteiger partial charge in [0.1, 0.15) is 18.2 Å². The first-order chi connectivity index (χ1) is 19.0. The Morgan fingerprint density at radius 1 is 1.15 bits per heavy atom. The highest BCUT2D eigenvalue weighted by atomic mass is 19.4. The van der Waals surface area contributed by atoms with Crippen molar-refractivity contribution >= 4 is 17.9 Å². The Balaban J connectivity index is 1.49. The number of amides is 3. The van der Waals surface area contributed by atoms with Crippen molar-refractivity contribution in [2.75, 3.05) is 19.8 Å². The van der Waals surface area contributed by atoms with Crippen molar-refractivity contribution in [2.24, 2.45) is 11.7 Å². The van der Waals surface area contributed by atoms with Gasteiger partial charge in [0.15, 0.2) is 0 Å². The second-order valence-electron chi connectivity index (χ2n) is 10.9. The third-order valence-corrected chi connectivity index (χ3v) is 8.01. The van der Waals surface area contributed by atoms with Crippen LogP contribution in [0.4, 0.5) is 18.0 Å². The zero-order chi connectivity index (χ0) is 28.9. The topological polar surface area (TPSA) is 143 Å². The number of carbonyl (C=O) groups excluding carboxylic acids is 3. The minimum atomic E-state index is -4.44. The van der Waals surface area contributed by atoms with Crippen LogP contribution < -0.4 is 16.4 Å². The summed E-state index contributed by atoms with van der Waals surface area (Å²) in [6, 6.07) is 4.50. The molecule has 40 heavy (non-hydrogen) atoms. The number of aliphatic hydroxyl groups excluding tert-OH is 1. The number of hydrogen-bond acceptors (Lipinski definition) is 7. The molecule has 4 rings (SSSR count). The normalized spacial score (nSPS) is 27.0. The lowest BCUT2D eigenvalue weighted by atomic mass is 9.99. The Labute approximate surface area is 230 Å². The summed E-state index contributed by atoms with van der Waals surface area (Å²) in [7, 11) is 0. The van der Waals surface area contributed by atoms with E-state index >= 15 is 0 Å². The zero-order valence-corrected chi connectivity index (χ0v) is 22.1. The zero-order valence-electron chi connectivity index (χ0n) is 22.1. The second-order valence-corrected chi connectivity index (χ2v) is 10.9. The van der Waals surface area contributed by atoms with E-state index in [0.29, 0.717) is 19.4 Å². The highest BCUT2D eigenvalue weighted by Crippen LogP contribution is 2.46. The third-order valence-electron chi connectivity index (χ3n) is 8.01. The predicted octanol–water partition coefficient (Wildman–Crippen LogP) is 1.64. The number of aliphatic hydroxyl groups is 1. The average Bonchev–Trinajstić information content (AvgIpc) is 3.62. The monoisotopic (exact) mass is 570 g/mol. The summed E-state index contributed by atoms with van der Waals surface area (Å²) in [5, 5.41) is 16.3. The lowest BCUT2D eigenvalue weighted by Gasteiger charge is -2.35. The van der Waals surface area contributed by atoms with Crippen LogP contribution in [0.2, 0.25) is 0 Å². The molecule has 3 amide bonds. The van der Waals surface area contributed by atoms with Crippen LogP contribution >= 0.6 is 0 Å². The first-order valence-electron chi connectivity index (χ1n) is 13.7. The van der Waals surface area contributed by atoms with E-state index in [4.69, 9.17) is 15.2 Å². The summed E-state index contributed by atoms with van der Waals surface area (Å²) >= 11 is 0. The molecule has 0 radical (unpaired) electrons. The number of halogens is 3. The Morgan fingerprint density at radius 2 is 1.90 bits per heavy atom. The first kappa shape index (κ1) is 30.1. The van der Waals surface area contributed by atoms with Crippen molar-refractivity contribution in [3.63, 3.8) is 0 Å². The fraction of sp³-hybridized carbons (Fsp3) is 0.667. The summed E-state index contributed by atoms with van der Waals surface area (Å²) in [4.78, 5) is 38.7. The highest BCUT2D eigenvalue weighted by Gasteiger charge is 2.54. The number of alkyl carbamates (subject to hydrolysis) is 1. The molecule has 10 nitrogen and oxygen atoms in total. The SMILES string of the molecule is NC(=O)C[C@H](NC(=O)O[C@H]1CCOC1)C(=O)N[C@@H](Cc1ccccc1)[C@H](O)CN1[C@H](C(F)(F)F)C[C@@H]2CCC[C@@H]21. The number of β-amino-alcohol motifs (C(OH)–C–C–N with tert-alkyl or cyclic N) is 1. The van der Waals surface area contributed by atoms with Crippen LogP contribution in [0.3, 0.4) is 0 Å². The van der Waals surface area contributed by atoms with E-state index in [1.165, 1.54) is 4.90 Å². The number of nitrogens with one attached hydrogen (secondary N) is 2. The van der Waals surface area contributed by atoms with Gasteiger partial charge in [0.05, 0.1) is 31.8 Å². The molecule has 222 valence electrons. The van der Waals surface area contributed by atoms with Gasteiger partial charge in [-0.3, -0.25) is 14.5 Å². The number of ether oxygens (including phenoxy) is 2. The van der Waals surface area contributed by atoms with Crippen molar-refractivity contribution in [1.29, 1.82) is 0 Å². The molecule has 3 aliphatic rings. The number of carbonyl (C=O) groups is 3. The molecule has 1 aromatic rings. The number of nitrogens with two attached hydrogens (primary N) is 1. The van der Waals surface area contributed by atoms with E-state index in [1.54, 1.807) is 30.3 Å². The maximum atomic E-state index is 13.9. The molecule has 0 bridgehead atoms. The number of alkyl halides is 3. The minimum absolute atomic E-state index is 0.00461. The molecule has 0 aromatic heterocycles. The van der Waals surface area contributed by atoms with Crippen LogP contribution in [0.15, 0.2) is 30.3 Å². The molecular weight excluding hydrogens is 533 g/mol. The van der Waals surface area contributed by atoms with E-state index in [1.807, 2.05) is 0 Å². The molecule has 3 fully saturated rings. The van der Waals surface area contributed by atoms with E-state index in [-0.39, 0.29) is 38.0 Å². The van der Waals surface area contributed by atoms with Gasteiger partial charge in [-0.1, -0.05) is 36.8 Å². The lowest BCUT2D eigenvalue weighted by Crippen LogP contribution is -2.57. The molecule has 1 aromatic carbocycles. The van der Waals surface area contributed by atoms with Gasteiger partial charge in [-0.25, -0.2) is 4.79 Å². The molecule has 2 heterocycles. The van der Waals surface area contributed by atoms with Crippen LogP contribution in [0.5, 0.6) is 0 Å². The average molecular weight is 571 g/mol. The molecule has 2 saturated heterocycles. The molecule has 0 unspecified atom stereocenters. The first-order valence-corrected chi connectivity index (χ1v) is 13.7. The van der Waals surface area contributed by atoms with Gasteiger partial charge in [0.25, 0.3) is 0 Å². The summed E-state index contributed by atoms with van der Waals surface area (Å²) in [6.07, 6.45) is -5.01. The molecule has 2 aliphatic heterocycles. The quantitative estimate of drug-likeness (QED) is 0.317. The number of rotatable bonds is 11.